The minimum atomic E-state index is -0.225. The van der Waals surface area contributed by atoms with Gasteiger partial charge in [-0.1, -0.05) is 18.2 Å². The van der Waals surface area contributed by atoms with Crippen LogP contribution >= 0.6 is 11.3 Å². The lowest BCUT2D eigenvalue weighted by Crippen LogP contribution is -2.54. The highest BCUT2D eigenvalue weighted by atomic mass is 32.1. The van der Waals surface area contributed by atoms with E-state index in [4.69, 9.17) is 4.74 Å². The van der Waals surface area contributed by atoms with Gasteiger partial charge < -0.3 is 24.8 Å². The highest BCUT2D eigenvalue weighted by Crippen LogP contribution is 2.42. The maximum Gasteiger partial charge on any atom is 0.264 e. The number of hydrogen-bond acceptors (Lipinski definition) is 7. The first kappa shape index (κ1) is 28.2. The van der Waals surface area contributed by atoms with Crippen LogP contribution in [0, 0.1) is 0 Å². The van der Waals surface area contributed by atoms with Crippen molar-refractivity contribution in [3.05, 3.63) is 94.5 Å². The van der Waals surface area contributed by atoms with E-state index in [0.717, 1.165) is 52.5 Å². The fraction of sp³-hybridized carbons (Fsp3) is 0.294. The summed E-state index contributed by atoms with van der Waals surface area (Å²) in [5.74, 6) is 0.401. The van der Waals surface area contributed by atoms with E-state index in [1.54, 1.807) is 49.7 Å². The lowest BCUT2D eigenvalue weighted by Gasteiger charge is -2.37. The van der Waals surface area contributed by atoms with Crippen LogP contribution < -0.4 is 15.1 Å². The Morgan fingerprint density at radius 2 is 1.70 bits per heavy atom. The molecule has 0 spiro atoms. The number of carbonyl (C=O) groups excluding carboxylic acids is 3. The molecule has 44 heavy (non-hydrogen) atoms. The first-order valence-corrected chi connectivity index (χ1v) is 15.8. The molecule has 10 heteroatoms. The molecule has 0 unspecified atom stereocenters. The van der Waals surface area contributed by atoms with Gasteiger partial charge in [0, 0.05) is 67.7 Å². The first-order valence-electron chi connectivity index (χ1n) is 15.0. The average Bonchev–Trinajstić information content (AvgIpc) is 3.70. The van der Waals surface area contributed by atoms with Gasteiger partial charge in [-0.25, -0.2) is 4.98 Å². The van der Waals surface area contributed by atoms with E-state index in [1.165, 1.54) is 11.3 Å². The van der Waals surface area contributed by atoms with E-state index >= 15 is 0 Å². The number of hydrogen-bond donors (Lipinski definition) is 1. The summed E-state index contributed by atoms with van der Waals surface area (Å²) in [7, 11) is 1.67. The third-order valence-corrected chi connectivity index (χ3v) is 9.80. The molecule has 224 valence electrons. The molecule has 0 radical (unpaired) electrons. The van der Waals surface area contributed by atoms with E-state index in [0.29, 0.717) is 48.7 Å². The van der Waals surface area contributed by atoms with Crippen LogP contribution in [0.5, 0.6) is 0 Å². The van der Waals surface area contributed by atoms with Crippen molar-refractivity contribution in [1.82, 2.24) is 9.88 Å². The van der Waals surface area contributed by atoms with Gasteiger partial charge in [0.2, 0.25) is 0 Å². The lowest BCUT2D eigenvalue weighted by atomic mass is 10.1. The van der Waals surface area contributed by atoms with Gasteiger partial charge in [-0.3, -0.25) is 14.4 Å². The fourth-order valence-corrected chi connectivity index (χ4v) is 7.34. The Balaban J connectivity index is 1.08. The van der Waals surface area contributed by atoms with Crippen molar-refractivity contribution < 1.29 is 19.1 Å². The Hall–Kier alpha value is -4.54. The second kappa shape index (κ2) is 11.9. The molecule has 2 aromatic heterocycles. The molecule has 0 atom stereocenters. The van der Waals surface area contributed by atoms with Crippen LogP contribution in [0.1, 0.15) is 48.8 Å². The molecule has 0 bridgehead atoms. The number of methoxy groups -OCH3 is 1. The van der Waals surface area contributed by atoms with E-state index < -0.39 is 0 Å². The quantitative estimate of drug-likeness (QED) is 0.318. The maximum absolute atomic E-state index is 13.9. The van der Waals surface area contributed by atoms with Gasteiger partial charge in [-0.05, 0) is 73.4 Å². The van der Waals surface area contributed by atoms with Crippen LogP contribution in [-0.4, -0.2) is 73.5 Å². The molecule has 0 saturated carbocycles. The van der Waals surface area contributed by atoms with Gasteiger partial charge in [0.15, 0.2) is 0 Å². The normalized spacial score (nSPS) is 16.2. The van der Waals surface area contributed by atoms with Crippen molar-refractivity contribution in [1.29, 1.82) is 0 Å². The van der Waals surface area contributed by atoms with E-state index in [9.17, 15) is 14.4 Å². The lowest BCUT2D eigenvalue weighted by molar-refractivity contribution is -0.0189. The number of nitrogens with one attached hydrogen (secondary N) is 1. The highest BCUT2D eigenvalue weighted by Gasteiger charge is 2.34. The Morgan fingerprint density at radius 3 is 2.48 bits per heavy atom. The van der Waals surface area contributed by atoms with Crippen LogP contribution in [0.2, 0.25) is 0 Å². The number of anilines is 3. The molecular formula is C34H33N5O4S. The Labute approximate surface area is 260 Å². The molecule has 7 rings (SSSR count). The second-order valence-corrected chi connectivity index (χ2v) is 12.4. The van der Waals surface area contributed by atoms with Crippen molar-refractivity contribution >= 4 is 46.3 Å². The van der Waals surface area contributed by atoms with Gasteiger partial charge in [0.1, 0.15) is 5.82 Å². The summed E-state index contributed by atoms with van der Waals surface area (Å²) in [5.41, 5.74) is 4.53. The molecule has 1 N–H and O–H groups in total. The van der Waals surface area contributed by atoms with Crippen LogP contribution in [0.25, 0.3) is 10.4 Å². The van der Waals surface area contributed by atoms with Crippen LogP contribution in [0.15, 0.2) is 72.9 Å². The molecular weight excluding hydrogens is 574 g/mol. The van der Waals surface area contributed by atoms with Gasteiger partial charge in [-0.2, -0.15) is 0 Å². The number of amides is 3. The molecule has 9 nitrogen and oxygen atoms in total. The zero-order chi connectivity index (χ0) is 30.2. The van der Waals surface area contributed by atoms with Crippen LogP contribution in [0.4, 0.5) is 17.2 Å². The summed E-state index contributed by atoms with van der Waals surface area (Å²) in [6.45, 7) is 3.51. The van der Waals surface area contributed by atoms with Gasteiger partial charge in [0.05, 0.1) is 22.2 Å². The predicted octanol–water partition coefficient (Wildman–Crippen LogP) is 5.34. The third kappa shape index (κ3) is 5.24. The van der Waals surface area contributed by atoms with Gasteiger partial charge >= 0.3 is 0 Å². The molecule has 5 heterocycles. The standard InChI is InChI=1S/C34H33N5O4S/c1-43-25-20-38(21-25)34(42)29-19-23-14-18-39(28-9-3-2-7-26(28)30(23)44-29)33(41)22-10-12-24(13-11-22)36-32(40)27-8-6-15-35-31(27)37-16-4-5-17-37/h2-3,6-13,15,19,25H,4-5,14,16-18,20-21H2,1H3,(H,36,40). The molecule has 3 aliphatic heterocycles. The summed E-state index contributed by atoms with van der Waals surface area (Å²) in [6, 6.07) is 20.5. The van der Waals surface area contributed by atoms with E-state index in [2.05, 4.69) is 15.2 Å². The monoisotopic (exact) mass is 607 g/mol. The molecule has 3 aliphatic rings. The highest BCUT2D eigenvalue weighted by molar-refractivity contribution is 7.17. The number of pyridine rings is 1. The summed E-state index contributed by atoms with van der Waals surface area (Å²) in [6.07, 6.45) is 4.65. The Morgan fingerprint density at radius 1 is 0.932 bits per heavy atom. The van der Waals surface area contributed by atoms with E-state index in [-0.39, 0.29) is 23.8 Å². The third-order valence-electron chi connectivity index (χ3n) is 8.60. The molecule has 2 aromatic carbocycles. The van der Waals surface area contributed by atoms with Crippen molar-refractivity contribution in [3.63, 3.8) is 0 Å². The number of rotatable bonds is 6. The Bertz CT molecular complexity index is 1720. The van der Waals surface area contributed by atoms with Crippen molar-refractivity contribution in [2.45, 2.75) is 25.4 Å². The zero-order valence-corrected chi connectivity index (χ0v) is 25.3. The number of ether oxygens (including phenoxy) is 1. The summed E-state index contributed by atoms with van der Waals surface area (Å²) >= 11 is 1.49. The number of fused-ring (bicyclic) bond motifs is 3. The summed E-state index contributed by atoms with van der Waals surface area (Å²) < 4.78 is 5.33. The van der Waals surface area contributed by atoms with Crippen molar-refractivity contribution in [2.24, 2.45) is 0 Å². The van der Waals surface area contributed by atoms with Crippen molar-refractivity contribution in [2.75, 3.05) is 55.0 Å². The number of nitrogens with zero attached hydrogens (tertiary/aromatic N) is 4. The van der Waals surface area contributed by atoms with Crippen LogP contribution in [-0.2, 0) is 11.2 Å². The first-order chi connectivity index (χ1) is 21.5. The summed E-state index contributed by atoms with van der Waals surface area (Å²) in [4.78, 5) is 52.1. The van der Waals surface area contributed by atoms with Gasteiger partial charge in [0.25, 0.3) is 17.7 Å². The molecule has 2 saturated heterocycles. The number of benzene rings is 2. The second-order valence-electron chi connectivity index (χ2n) is 11.4. The smallest absolute Gasteiger partial charge is 0.264 e. The fourth-order valence-electron chi connectivity index (χ4n) is 6.13. The maximum atomic E-state index is 13.9. The zero-order valence-electron chi connectivity index (χ0n) is 24.5. The topological polar surface area (TPSA) is 95.1 Å². The number of thiophene rings is 1. The minimum absolute atomic E-state index is 0.0322. The molecule has 0 aliphatic carbocycles. The average molecular weight is 608 g/mol. The SMILES string of the molecule is COC1CN(C(=O)c2cc3c(s2)-c2ccccc2N(C(=O)c2ccc(NC(=O)c4cccnc4N4CCCC4)cc2)CC3)C1. The largest absolute Gasteiger partial charge is 0.378 e. The number of likely N-dealkylation sites (tertiary alicyclic amines) is 1. The number of aromatic nitrogens is 1. The number of carbonyl (C=O) groups is 3. The van der Waals surface area contributed by atoms with Crippen molar-refractivity contribution in [3.8, 4) is 10.4 Å². The minimum Gasteiger partial charge on any atom is -0.378 e. The molecule has 3 amide bonds. The van der Waals surface area contributed by atoms with Crippen LogP contribution in [0.3, 0.4) is 0 Å². The predicted molar refractivity (Wildman–Crippen MR) is 172 cm³/mol. The summed E-state index contributed by atoms with van der Waals surface area (Å²) in [5, 5.41) is 2.97. The molecule has 2 fully saturated rings. The molecule has 4 aromatic rings. The van der Waals surface area contributed by atoms with E-state index in [1.807, 2.05) is 40.1 Å². The van der Waals surface area contributed by atoms with Gasteiger partial charge in [-0.15, -0.1) is 11.3 Å². The Kier molecular flexibility index (Phi) is 7.61. The number of para-hydroxylation sites is 1.